The van der Waals surface area contributed by atoms with Crippen LogP contribution in [0.1, 0.15) is 16.7 Å². The molecule has 0 aliphatic rings. The number of ether oxygens (including phenoxy) is 1. The lowest BCUT2D eigenvalue weighted by molar-refractivity contribution is -0.385. The third kappa shape index (κ3) is 3.35. The third-order valence-electron chi connectivity index (χ3n) is 3.24. The summed E-state index contributed by atoms with van der Waals surface area (Å²) in [4.78, 5) is 10.5. The van der Waals surface area contributed by atoms with Gasteiger partial charge >= 0.3 is 0 Å². The van der Waals surface area contributed by atoms with Crippen LogP contribution in [-0.4, -0.2) is 4.92 Å². The van der Waals surface area contributed by atoms with Gasteiger partial charge in [0.2, 0.25) is 0 Å². The number of hydrogen-bond acceptors (Lipinski definition) is 4. The molecule has 2 N–H and O–H groups in total. The van der Waals surface area contributed by atoms with Crippen molar-refractivity contribution >= 4 is 5.69 Å². The predicted octanol–water partition coefficient (Wildman–Crippen LogP) is 3.08. The summed E-state index contributed by atoms with van der Waals surface area (Å²) in [6, 6.07) is 8.92. The molecule has 0 atom stereocenters. The summed E-state index contributed by atoms with van der Waals surface area (Å²) in [6.07, 6.45) is 0. The van der Waals surface area contributed by atoms with Gasteiger partial charge in [-0.15, -0.1) is 0 Å². The molecule has 0 saturated heterocycles. The van der Waals surface area contributed by atoms with E-state index >= 15 is 0 Å². The molecule has 0 aromatic heterocycles. The molecule has 2 rings (SSSR count). The summed E-state index contributed by atoms with van der Waals surface area (Å²) in [5, 5.41) is 10.9. The van der Waals surface area contributed by atoms with Crippen molar-refractivity contribution in [1.82, 2.24) is 0 Å². The maximum Gasteiger partial charge on any atom is 0.272 e. The summed E-state index contributed by atoms with van der Waals surface area (Å²) < 4.78 is 18.7. The zero-order chi connectivity index (χ0) is 15.4. The Hall–Kier alpha value is -2.47. The van der Waals surface area contributed by atoms with Crippen LogP contribution in [0.5, 0.6) is 5.75 Å². The van der Waals surface area contributed by atoms with Gasteiger partial charge in [-0.05, 0) is 30.7 Å². The van der Waals surface area contributed by atoms with Gasteiger partial charge in [-0.2, -0.15) is 0 Å². The first kappa shape index (κ1) is 14.9. The maximum atomic E-state index is 13.1. The molecule has 6 heteroatoms. The minimum absolute atomic E-state index is 0.0502. The summed E-state index contributed by atoms with van der Waals surface area (Å²) in [7, 11) is 0. The minimum Gasteiger partial charge on any atom is -0.489 e. The van der Waals surface area contributed by atoms with Crippen molar-refractivity contribution in [2.24, 2.45) is 5.73 Å². The van der Waals surface area contributed by atoms with Gasteiger partial charge in [0.15, 0.2) is 0 Å². The van der Waals surface area contributed by atoms with Crippen LogP contribution in [0.4, 0.5) is 10.1 Å². The van der Waals surface area contributed by atoms with Crippen molar-refractivity contribution in [3.05, 3.63) is 69.0 Å². The number of nitro benzene ring substituents is 1. The zero-order valence-electron chi connectivity index (χ0n) is 11.5. The number of benzene rings is 2. The van der Waals surface area contributed by atoms with Crippen LogP contribution >= 0.6 is 0 Å². The number of nitro groups is 1. The van der Waals surface area contributed by atoms with Gasteiger partial charge in [-0.1, -0.05) is 12.1 Å². The second-order valence-electron chi connectivity index (χ2n) is 4.56. The summed E-state index contributed by atoms with van der Waals surface area (Å²) in [5.41, 5.74) is 7.41. The third-order valence-corrected chi connectivity index (χ3v) is 3.24. The van der Waals surface area contributed by atoms with Crippen molar-refractivity contribution in [3.63, 3.8) is 0 Å². The topological polar surface area (TPSA) is 78.4 Å². The minimum atomic E-state index is -0.429. The first-order chi connectivity index (χ1) is 10.0. The lowest BCUT2D eigenvalue weighted by Gasteiger charge is -2.12. The highest BCUT2D eigenvalue weighted by Gasteiger charge is 2.14. The van der Waals surface area contributed by atoms with E-state index in [9.17, 15) is 14.5 Å². The van der Waals surface area contributed by atoms with E-state index in [2.05, 4.69) is 0 Å². The molecule has 0 aliphatic heterocycles. The predicted molar refractivity (Wildman–Crippen MR) is 76.5 cm³/mol. The molecular weight excluding hydrogens is 275 g/mol. The van der Waals surface area contributed by atoms with Crippen LogP contribution in [0.15, 0.2) is 36.4 Å². The number of halogens is 1. The van der Waals surface area contributed by atoms with Crippen molar-refractivity contribution in [2.75, 3.05) is 0 Å². The molecule has 21 heavy (non-hydrogen) atoms. The summed E-state index contributed by atoms with van der Waals surface area (Å²) in [6.45, 7) is 1.98. The van der Waals surface area contributed by atoms with Gasteiger partial charge in [0.05, 0.1) is 4.92 Å². The quantitative estimate of drug-likeness (QED) is 0.678. The molecule has 0 saturated carbocycles. The average molecular weight is 290 g/mol. The fourth-order valence-electron chi connectivity index (χ4n) is 2.03. The van der Waals surface area contributed by atoms with Crippen LogP contribution < -0.4 is 10.5 Å². The molecule has 0 heterocycles. The number of hydrogen-bond donors (Lipinski definition) is 1. The van der Waals surface area contributed by atoms with Crippen molar-refractivity contribution in [1.29, 1.82) is 0 Å². The van der Waals surface area contributed by atoms with E-state index in [0.29, 0.717) is 22.4 Å². The van der Waals surface area contributed by atoms with Crippen LogP contribution in [-0.2, 0) is 13.2 Å². The van der Waals surface area contributed by atoms with Crippen LogP contribution in [0.3, 0.4) is 0 Å². The summed E-state index contributed by atoms with van der Waals surface area (Å²) >= 11 is 0. The Balaban J connectivity index is 2.21. The lowest BCUT2D eigenvalue weighted by atomic mass is 10.1. The van der Waals surface area contributed by atoms with Gasteiger partial charge in [0, 0.05) is 23.7 Å². The van der Waals surface area contributed by atoms with E-state index in [1.54, 1.807) is 19.1 Å². The Labute approximate surface area is 121 Å². The Morgan fingerprint density at radius 1 is 1.29 bits per heavy atom. The van der Waals surface area contributed by atoms with Gasteiger partial charge in [0.25, 0.3) is 5.69 Å². The molecule has 5 nitrogen and oxygen atoms in total. The van der Waals surface area contributed by atoms with E-state index < -0.39 is 4.92 Å². The molecule has 0 spiro atoms. The monoisotopic (exact) mass is 290 g/mol. The molecule has 110 valence electrons. The molecule has 0 fully saturated rings. The standard InChI is InChI=1S/C15H15FN2O3/c1-10-11(3-2-4-14(10)18(19)20)9-21-15-6-5-13(16)7-12(15)8-17/h2-7H,8-9,17H2,1H3. The molecule has 0 bridgehead atoms. The van der Waals surface area contributed by atoms with E-state index in [4.69, 9.17) is 10.5 Å². The van der Waals surface area contributed by atoms with Crippen LogP contribution in [0.2, 0.25) is 0 Å². The van der Waals surface area contributed by atoms with Crippen LogP contribution in [0, 0.1) is 22.9 Å². The zero-order valence-corrected chi connectivity index (χ0v) is 11.5. The van der Waals surface area contributed by atoms with Gasteiger partial charge in [-0.3, -0.25) is 10.1 Å². The first-order valence-corrected chi connectivity index (χ1v) is 6.37. The van der Waals surface area contributed by atoms with E-state index in [1.807, 2.05) is 0 Å². The normalized spacial score (nSPS) is 10.4. The molecule has 2 aromatic rings. The molecule has 2 aromatic carbocycles. The number of nitrogens with zero attached hydrogens (tertiary/aromatic N) is 1. The van der Waals surface area contributed by atoms with Gasteiger partial charge < -0.3 is 10.5 Å². The van der Waals surface area contributed by atoms with Crippen molar-refractivity contribution in [2.45, 2.75) is 20.1 Å². The molecule has 0 unspecified atom stereocenters. The highest BCUT2D eigenvalue weighted by Crippen LogP contribution is 2.24. The van der Waals surface area contributed by atoms with Gasteiger partial charge in [-0.25, -0.2) is 4.39 Å². The SMILES string of the molecule is Cc1c(COc2ccc(F)cc2CN)cccc1[N+](=O)[O-]. The number of rotatable bonds is 5. The second-order valence-corrected chi connectivity index (χ2v) is 4.56. The molecular formula is C15H15FN2O3. The lowest BCUT2D eigenvalue weighted by Crippen LogP contribution is -2.05. The van der Waals surface area contributed by atoms with E-state index in [-0.39, 0.29) is 24.7 Å². The summed E-state index contributed by atoms with van der Waals surface area (Å²) in [5.74, 6) is 0.0964. The van der Waals surface area contributed by atoms with Gasteiger partial charge in [0.1, 0.15) is 18.2 Å². The number of nitrogens with two attached hydrogens (primary N) is 1. The fourth-order valence-corrected chi connectivity index (χ4v) is 2.03. The molecule has 0 aliphatic carbocycles. The fraction of sp³-hybridized carbons (Fsp3) is 0.200. The van der Waals surface area contributed by atoms with Crippen molar-refractivity contribution < 1.29 is 14.1 Å². The molecule has 0 radical (unpaired) electrons. The largest absolute Gasteiger partial charge is 0.489 e. The van der Waals surface area contributed by atoms with Crippen LogP contribution in [0.25, 0.3) is 0 Å². The van der Waals surface area contributed by atoms with Crippen molar-refractivity contribution in [3.8, 4) is 5.75 Å². The van der Waals surface area contributed by atoms with E-state index in [0.717, 1.165) is 0 Å². The molecule has 0 amide bonds. The smallest absolute Gasteiger partial charge is 0.272 e. The second kappa shape index (κ2) is 6.32. The van der Waals surface area contributed by atoms with E-state index in [1.165, 1.54) is 24.3 Å². The Morgan fingerprint density at radius 3 is 2.71 bits per heavy atom. The highest BCUT2D eigenvalue weighted by atomic mass is 19.1. The maximum absolute atomic E-state index is 13.1. The first-order valence-electron chi connectivity index (χ1n) is 6.37. The Kier molecular flexibility index (Phi) is 4.49. The highest BCUT2D eigenvalue weighted by molar-refractivity contribution is 5.44. The Bertz CT molecular complexity index is 674. The Morgan fingerprint density at radius 2 is 2.05 bits per heavy atom. The average Bonchev–Trinajstić information content (AvgIpc) is 2.46.